The highest BCUT2D eigenvalue weighted by Crippen LogP contribution is 2.11. The fraction of sp³-hybridized carbons (Fsp3) is 0.786. The van der Waals surface area contributed by atoms with E-state index < -0.39 is 5.97 Å². The molecule has 5 nitrogen and oxygen atoms in total. The molecule has 1 aliphatic rings. The summed E-state index contributed by atoms with van der Waals surface area (Å²) in [6.07, 6.45) is 4.37. The minimum Gasteiger partial charge on any atom is -0.466 e. The highest BCUT2D eigenvalue weighted by molar-refractivity contribution is 5.95. The number of amides is 1. The third-order valence-electron chi connectivity index (χ3n) is 3.20. The van der Waals surface area contributed by atoms with Gasteiger partial charge < -0.3 is 9.64 Å². The summed E-state index contributed by atoms with van der Waals surface area (Å²) in [7, 11) is 0. The van der Waals surface area contributed by atoms with Crippen molar-refractivity contribution in [1.82, 2.24) is 4.90 Å². The van der Waals surface area contributed by atoms with Gasteiger partial charge in [0.25, 0.3) is 0 Å². The van der Waals surface area contributed by atoms with E-state index in [9.17, 15) is 14.4 Å². The topological polar surface area (TPSA) is 63.7 Å². The lowest BCUT2D eigenvalue weighted by Gasteiger charge is -2.26. The van der Waals surface area contributed by atoms with Gasteiger partial charge in [-0.15, -0.1) is 0 Å². The van der Waals surface area contributed by atoms with Crippen molar-refractivity contribution in [3.05, 3.63) is 0 Å². The molecule has 1 amide bonds. The summed E-state index contributed by atoms with van der Waals surface area (Å²) in [5.74, 6) is -0.497. The Hall–Kier alpha value is -1.39. The summed E-state index contributed by atoms with van der Waals surface area (Å²) in [6.45, 7) is 3.68. The van der Waals surface area contributed by atoms with Gasteiger partial charge in [0.2, 0.25) is 5.91 Å². The summed E-state index contributed by atoms with van der Waals surface area (Å²) in [4.78, 5) is 36.2. The first-order valence-electron chi connectivity index (χ1n) is 7.08. The monoisotopic (exact) mass is 269 g/mol. The summed E-state index contributed by atoms with van der Waals surface area (Å²) in [5.41, 5.74) is 0. The van der Waals surface area contributed by atoms with E-state index in [4.69, 9.17) is 4.74 Å². The van der Waals surface area contributed by atoms with E-state index in [2.05, 4.69) is 0 Å². The Labute approximate surface area is 114 Å². The molecule has 0 aliphatic carbocycles. The number of carbonyl (C=O) groups excluding carboxylic acids is 3. The van der Waals surface area contributed by atoms with E-state index in [0.717, 1.165) is 25.9 Å². The molecule has 5 heteroatoms. The maximum absolute atomic E-state index is 11.8. The van der Waals surface area contributed by atoms with Crippen LogP contribution in [-0.2, 0) is 19.1 Å². The molecule has 1 aliphatic heterocycles. The molecule has 0 spiro atoms. The standard InChI is InChI=1S/C14H23NO4/c1-2-19-14(18)11-12(16)7-6-8-13(17)15-9-4-3-5-10-15/h2-11H2,1H3. The number of nitrogens with zero attached hydrogens (tertiary/aromatic N) is 1. The van der Waals surface area contributed by atoms with E-state index in [1.165, 1.54) is 6.42 Å². The summed E-state index contributed by atoms with van der Waals surface area (Å²) in [6, 6.07) is 0. The van der Waals surface area contributed by atoms with Crippen LogP contribution in [0.3, 0.4) is 0 Å². The molecule has 0 atom stereocenters. The molecule has 1 fully saturated rings. The zero-order chi connectivity index (χ0) is 14.1. The Morgan fingerprint density at radius 1 is 1.05 bits per heavy atom. The van der Waals surface area contributed by atoms with Gasteiger partial charge in [0, 0.05) is 25.9 Å². The van der Waals surface area contributed by atoms with Crippen molar-refractivity contribution in [3.8, 4) is 0 Å². The first-order valence-corrected chi connectivity index (χ1v) is 7.08. The summed E-state index contributed by atoms with van der Waals surface area (Å²) in [5, 5.41) is 0. The maximum Gasteiger partial charge on any atom is 0.313 e. The second-order valence-electron chi connectivity index (χ2n) is 4.82. The van der Waals surface area contributed by atoms with Gasteiger partial charge >= 0.3 is 5.97 Å². The highest BCUT2D eigenvalue weighted by Gasteiger charge is 2.17. The van der Waals surface area contributed by atoms with Crippen LogP contribution in [0.15, 0.2) is 0 Å². The Morgan fingerprint density at radius 3 is 2.37 bits per heavy atom. The summed E-state index contributed by atoms with van der Waals surface area (Å²) >= 11 is 0. The van der Waals surface area contributed by atoms with Crippen molar-refractivity contribution in [2.45, 2.75) is 51.9 Å². The number of esters is 1. The van der Waals surface area contributed by atoms with Gasteiger partial charge in [-0.25, -0.2) is 0 Å². The molecule has 108 valence electrons. The Balaban J connectivity index is 2.13. The zero-order valence-corrected chi connectivity index (χ0v) is 11.7. The van der Waals surface area contributed by atoms with Gasteiger partial charge in [0.15, 0.2) is 0 Å². The number of carbonyl (C=O) groups is 3. The second-order valence-corrected chi connectivity index (χ2v) is 4.82. The molecule has 0 N–H and O–H groups in total. The minimum atomic E-state index is -0.477. The van der Waals surface area contributed by atoms with Crippen LogP contribution in [-0.4, -0.2) is 42.3 Å². The van der Waals surface area contributed by atoms with Crippen molar-refractivity contribution >= 4 is 17.7 Å². The molecule has 0 saturated carbocycles. The van der Waals surface area contributed by atoms with E-state index in [0.29, 0.717) is 19.4 Å². The van der Waals surface area contributed by atoms with Crippen molar-refractivity contribution in [2.24, 2.45) is 0 Å². The second kappa shape index (κ2) is 8.67. The summed E-state index contributed by atoms with van der Waals surface area (Å²) < 4.78 is 4.70. The number of Topliss-reactive ketones (excluding diaryl/α,β-unsaturated/α-hetero) is 1. The number of ketones is 1. The molecular formula is C14H23NO4. The van der Waals surface area contributed by atoms with E-state index >= 15 is 0 Å². The van der Waals surface area contributed by atoms with Crippen LogP contribution in [0.2, 0.25) is 0 Å². The minimum absolute atomic E-state index is 0.128. The molecular weight excluding hydrogens is 246 g/mol. The highest BCUT2D eigenvalue weighted by atomic mass is 16.5. The van der Waals surface area contributed by atoms with Crippen LogP contribution < -0.4 is 0 Å². The predicted molar refractivity (Wildman–Crippen MR) is 70.5 cm³/mol. The normalized spacial score (nSPS) is 15.1. The van der Waals surface area contributed by atoms with Gasteiger partial charge in [0.1, 0.15) is 12.2 Å². The molecule has 1 rings (SSSR count). The van der Waals surface area contributed by atoms with Crippen molar-refractivity contribution in [2.75, 3.05) is 19.7 Å². The Kier molecular flexibility index (Phi) is 7.15. The quantitative estimate of drug-likeness (QED) is 0.521. The largest absolute Gasteiger partial charge is 0.466 e. The lowest BCUT2D eigenvalue weighted by molar-refractivity contribution is -0.145. The molecule has 1 saturated heterocycles. The fourth-order valence-electron chi connectivity index (χ4n) is 2.20. The van der Waals surface area contributed by atoms with Gasteiger partial charge in [-0.2, -0.15) is 0 Å². The molecule has 0 aromatic rings. The third kappa shape index (κ3) is 6.36. The van der Waals surface area contributed by atoms with Crippen LogP contribution in [0.1, 0.15) is 51.9 Å². The van der Waals surface area contributed by atoms with Gasteiger partial charge in [0.05, 0.1) is 6.61 Å². The van der Waals surface area contributed by atoms with Gasteiger partial charge in [-0.3, -0.25) is 14.4 Å². The Morgan fingerprint density at radius 2 is 1.74 bits per heavy atom. The SMILES string of the molecule is CCOC(=O)CC(=O)CCCC(=O)N1CCCCC1. The third-order valence-corrected chi connectivity index (χ3v) is 3.20. The molecule has 1 heterocycles. The van der Waals surface area contributed by atoms with Gasteiger partial charge in [-0.05, 0) is 32.6 Å². The first kappa shape index (κ1) is 15.7. The van der Waals surface area contributed by atoms with Gasteiger partial charge in [-0.1, -0.05) is 0 Å². The molecule has 0 unspecified atom stereocenters. The van der Waals surface area contributed by atoms with Crippen LogP contribution in [0.4, 0.5) is 0 Å². The van der Waals surface area contributed by atoms with E-state index in [1.54, 1.807) is 6.92 Å². The van der Waals surface area contributed by atoms with Crippen molar-refractivity contribution < 1.29 is 19.1 Å². The number of hydrogen-bond acceptors (Lipinski definition) is 4. The van der Waals surface area contributed by atoms with Crippen LogP contribution in [0, 0.1) is 0 Å². The van der Waals surface area contributed by atoms with E-state index in [-0.39, 0.29) is 24.5 Å². The first-order chi connectivity index (χ1) is 9.13. The maximum atomic E-state index is 11.8. The van der Waals surface area contributed by atoms with Crippen LogP contribution in [0.5, 0.6) is 0 Å². The lowest BCUT2D eigenvalue weighted by atomic mass is 10.1. The van der Waals surface area contributed by atoms with E-state index in [1.807, 2.05) is 4.90 Å². The van der Waals surface area contributed by atoms with Crippen molar-refractivity contribution in [1.29, 1.82) is 0 Å². The number of rotatable bonds is 7. The number of piperidine rings is 1. The fourth-order valence-corrected chi connectivity index (χ4v) is 2.20. The number of ether oxygens (including phenoxy) is 1. The molecule has 0 aromatic carbocycles. The van der Waals surface area contributed by atoms with Crippen molar-refractivity contribution in [3.63, 3.8) is 0 Å². The average molecular weight is 269 g/mol. The average Bonchev–Trinajstić information content (AvgIpc) is 2.39. The number of hydrogen-bond donors (Lipinski definition) is 0. The Bertz CT molecular complexity index is 321. The zero-order valence-electron chi connectivity index (χ0n) is 11.7. The molecule has 0 aromatic heterocycles. The number of likely N-dealkylation sites (tertiary alicyclic amines) is 1. The van der Waals surface area contributed by atoms with Crippen LogP contribution >= 0.6 is 0 Å². The smallest absolute Gasteiger partial charge is 0.313 e. The molecule has 0 radical (unpaired) electrons. The lowest BCUT2D eigenvalue weighted by Crippen LogP contribution is -2.35. The predicted octanol–water partition coefficient (Wildman–Crippen LogP) is 1.69. The van der Waals surface area contributed by atoms with Crippen LogP contribution in [0.25, 0.3) is 0 Å². The molecule has 0 bridgehead atoms. The molecule has 19 heavy (non-hydrogen) atoms.